The standard InChI is InChI=1S/C20H15N3O6S/c1-28-10-4-5-13-11(8-10)15(17(25)22-13)16-18(26)23-20(30-16)21-9-3-6-14(24)12(7-9)19(27)29-2/h3-8,24,26H,1-2H3,(H,21,23). The molecule has 1 amide bonds. The van der Waals surface area contributed by atoms with Crippen LogP contribution < -0.4 is 20.6 Å². The minimum atomic E-state index is -0.696. The molecule has 0 saturated heterocycles. The van der Waals surface area contributed by atoms with E-state index in [0.29, 0.717) is 22.0 Å². The van der Waals surface area contributed by atoms with E-state index in [1.54, 1.807) is 18.2 Å². The van der Waals surface area contributed by atoms with Crippen molar-refractivity contribution in [3.05, 3.63) is 57.4 Å². The van der Waals surface area contributed by atoms with Crippen LogP contribution >= 0.6 is 11.3 Å². The fourth-order valence-electron chi connectivity index (χ4n) is 2.98. The first kappa shape index (κ1) is 19.4. The average Bonchev–Trinajstić information content (AvgIpc) is 3.25. The van der Waals surface area contributed by atoms with Crippen molar-refractivity contribution < 1.29 is 29.3 Å². The summed E-state index contributed by atoms with van der Waals surface area (Å²) in [5.41, 5.74) is 0.639. The van der Waals surface area contributed by atoms with E-state index in [0.717, 1.165) is 11.3 Å². The van der Waals surface area contributed by atoms with Gasteiger partial charge in [0, 0.05) is 10.9 Å². The fraction of sp³-hybridized carbons (Fsp3) is 0.100. The molecular weight excluding hydrogens is 410 g/mol. The molecule has 0 unspecified atom stereocenters. The first-order chi connectivity index (χ1) is 14.4. The molecule has 4 rings (SSSR count). The number of thiazole rings is 1. The summed E-state index contributed by atoms with van der Waals surface area (Å²) in [4.78, 5) is 32.5. The van der Waals surface area contributed by atoms with Crippen LogP contribution in [0.2, 0.25) is 0 Å². The molecule has 0 saturated carbocycles. The maximum absolute atomic E-state index is 12.5. The van der Waals surface area contributed by atoms with Gasteiger partial charge in [0.25, 0.3) is 5.91 Å². The van der Waals surface area contributed by atoms with E-state index in [4.69, 9.17) is 4.74 Å². The molecule has 1 aromatic heterocycles. The number of carbonyl (C=O) groups excluding carboxylic acids is 2. The van der Waals surface area contributed by atoms with E-state index >= 15 is 0 Å². The number of aromatic nitrogens is 1. The number of nitrogens with zero attached hydrogens (tertiary/aromatic N) is 2. The van der Waals surface area contributed by atoms with Gasteiger partial charge in [0.1, 0.15) is 21.9 Å². The van der Waals surface area contributed by atoms with Crippen LogP contribution in [0.15, 0.2) is 41.4 Å². The molecule has 0 fully saturated rings. The quantitative estimate of drug-likeness (QED) is 0.414. The molecule has 1 aliphatic rings. The Bertz CT molecular complexity index is 1310. The number of hydrogen-bond donors (Lipinski definition) is 3. The van der Waals surface area contributed by atoms with Gasteiger partial charge in [-0.2, -0.15) is 4.98 Å². The molecule has 9 nitrogen and oxygen atoms in total. The smallest absolute Gasteiger partial charge is 0.341 e. The number of esters is 1. The first-order valence-electron chi connectivity index (χ1n) is 8.61. The van der Waals surface area contributed by atoms with Crippen LogP contribution in [0.5, 0.6) is 17.4 Å². The van der Waals surface area contributed by atoms with E-state index in [1.807, 2.05) is 0 Å². The van der Waals surface area contributed by atoms with Crippen LogP contribution in [0.1, 0.15) is 15.2 Å². The number of phenolic OH excluding ortho intramolecular Hbond substituents is 1. The highest BCUT2D eigenvalue weighted by Crippen LogP contribution is 2.36. The zero-order valence-corrected chi connectivity index (χ0v) is 16.6. The summed E-state index contributed by atoms with van der Waals surface area (Å²) in [5.74, 6) is -1.18. The molecule has 2 aromatic carbocycles. The lowest BCUT2D eigenvalue weighted by Gasteiger charge is -2.06. The normalized spacial score (nSPS) is 12.3. The third-order valence-electron chi connectivity index (χ3n) is 4.40. The molecule has 2 heterocycles. The van der Waals surface area contributed by atoms with Gasteiger partial charge in [-0.1, -0.05) is 11.3 Å². The van der Waals surface area contributed by atoms with Crippen LogP contribution in [0.4, 0.5) is 10.8 Å². The predicted molar refractivity (Wildman–Crippen MR) is 108 cm³/mol. The first-order valence-corrected chi connectivity index (χ1v) is 9.43. The molecule has 3 N–H and O–H groups in total. The van der Waals surface area contributed by atoms with Gasteiger partial charge in [-0.3, -0.25) is 4.79 Å². The highest BCUT2D eigenvalue weighted by atomic mass is 32.1. The maximum atomic E-state index is 12.5. The van der Waals surface area contributed by atoms with Crippen molar-refractivity contribution in [3.63, 3.8) is 0 Å². The van der Waals surface area contributed by atoms with Gasteiger partial charge in [-0.05, 0) is 36.4 Å². The second kappa shape index (κ2) is 7.48. The van der Waals surface area contributed by atoms with Crippen LogP contribution in [0.25, 0.3) is 5.57 Å². The Hall–Kier alpha value is -3.92. The molecule has 152 valence electrons. The third-order valence-corrected chi connectivity index (χ3v) is 5.38. The zero-order valence-electron chi connectivity index (χ0n) is 15.8. The average molecular weight is 425 g/mol. The number of rotatable bonds is 5. The number of fused-ring (bicyclic) bond motifs is 1. The topological polar surface area (TPSA) is 130 Å². The Balaban J connectivity index is 1.74. The van der Waals surface area contributed by atoms with Crippen LogP contribution in [0, 0.1) is 0 Å². The molecule has 3 aromatic rings. The second-order valence-corrected chi connectivity index (χ2v) is 7.19. The van der Waals surface area contributed by atoms with Gasteiger partial charge in [-0.15, -0.1) is 0 Å². The molecule has 0 radical (unpaired) electrons. The minimum Gasteiger partial charge on any atom is -0.507 e. The molecule has 0 aliphatic carbocycles. The predicted octanol–water partition coefficient (Wildman–Crippen LogP) is 1.45. The van der Waals surface area contributed by atoms with Gasteiger partial charge >= 0.3 is 5.97 Å². The number of carbonyl (C=O) groups is 2. The van der Waals surface area contributed by atoms with Crippen molar-refractivity contribution >= 4 is 39.6 Å². The van der Waals surface area contributed by atoms with Gasteiger partial charge in [0.15, 0.2) is 5.13 Å². The molecule has 0 bridgehead atoms. The summed E-state index contributed by atoms with van der Waals surface area (Å²) in [6.45, 7) is 0. The fourth-order valence-corrected chi connectivity index (χ4v) is 3.91. The maximum Gasteiger partial charge on any atom is 0.341 e. The Morgan fingerprint density at radius 3 is 2.67 bits per heavy atom. The van der Waals surface area contributed by atoms with Gasteiger partial charge in [-0.25, -0.2) is 9.79 Å². The number of phenols is 1. The summed E-state index contributed by atoms with van der Waals surface area (Å²) < 4.78 is 9.85. The summed E-state index contributed by atoms with van der Waals surface area (Å²) in [5, 5.41) is 24.4. The second-order valence-electron chi connectivity index (χ2n) is 6.20. The third kappa shape index (κ3) is 3.33. The number of methoxy groups -OCH3 is 2. The van der Waals surface area contributed by atoms with Crippen molar-refractivity contribution in [2.24, 2.45) is 4.99 Å². The van der Waals surface area contributed by atoms with E-state index in [-0.39, 0.29) is 32.8 Å². The summed E-state index contributed by atoms with van der Waals surface area (Å²) in [6, 6.07) is 9.29. The molecule has 30 heavy (non-hydrogen) atoms. The van der Waals surface area contributed by atoms with E-state index in [2.05, 4.69) is 20.0 Å². The van der Waals surface area contributed by atoms with E-state index in [9.17, 15) is 19.8 Å². The Morgan fingerprint density at radius 2 is 1.93 bits per heavy atom. The largest absolute Gasteiger partial charge is 0.507 e. The van der Waals surface area contributed by atoms with Crippen LogP contribution in [-0.2, 0) is 9.53 Å². The monoisotopic (exact) mass is 425 g/mol. The molecule has 0 spiro atoms. The highest BCUT2D eigenvalue weighted by molar-refractivity contribution is 7.17. The minimum absolute atomic E-state index is 0.0244. The molecule has 1 aliphatic heterocycles. The summed E-state index contributed by atoms with van der Waals surface area (Å²) in [6.07, 6.45) is 0. The van der Waals surface area contributed by atoms with Crippen molar-refractivity contribution in [1.82, 2.24) is 4.98 Å². The number of nitrogens with one attached hydrogen (secondary N) is 1. The van der Waals surface area contributed by atoms with Crippen LogP contribution in [0.3, 0.4) is 0 Å². The van der Waals surface area contributed by atoms with Gasteiger partial charge in [0.05, 0.1) is 25.1 Å². The van der Waals surface area contributed by atoms with Crippen molar-refractivity contribution in [3.8, 4) is 17.4 Å². The molecular formula is C20H15N3O6S. The Kier molecular flexibility index (Phi) is 4.84. The van der Waals surface area contributed by atoms with Gasteiger partial charge < -0.3 is 25.0 Å². The lowest BCUT2D eigenvalue weighted by molar-refractivity contribution is -0.112. The van der Waals surface area contributed by atoms with Gasteiger partial charge in [0.2, 0.25) is 5.88 Å². The number of anilines is 2. The summed E-state index contributed by atoms with van der Waals surface area (Å²) >= 11 is 1.05. The number of hydrogen-bond acceptors (Lipinski definition) is 9. The lowest BCUT2D eigenvalue weighted by Crippen LogP contribution is -2.23. The summed E-state index contributed by atoms with van der Waals surface area (Å²) in [7, 11) is 2.72. The Morgan fingerprint density at radius 1 is 1.13 bits per heavy atom. The zero-order chi connectivity index (χ0) is 21.4. The molecule has 0 atom stereocenters. The SMILES string of the molecule is COC(=O)c1cc(Nc2nc(O)c(C3=c4cc(OC)ccc4=NC3=O)s2)ccc1O. The Labute approximate surface area is 173 Å². The van der Waals surface area contributed by atoms with Crippen LogP contribution in [-0.4, -0.2) is 41.3 Å². The van der Waals surface area contributed by atoms with Crippen molar-refractivity contribution in [2.45, 2.75) is 0 Å². The molecule has 10 heteroatoms. The number of amides is 1. The van der Waals surface area contributed by atoms with E-state index < -0.39 is 11.9 Å². The van der Waals surface area contributed by atoms with E-state index in [1.165, 1.54) is 32.4 Å². The highest BCUT2D eigenvalue weighted by Gasteiger charge is 2.25. The number of benzene rings is 2. The van der Waals surface area contributed by atoms with Crippen molar-refractivity contribution in [2.75, 3.05) is 19.5 Å². The number of ether oxygens (including phenoxy) is 2. The number of aromatic hydroxyl groups is 2. The lowest BCUT2D eigenvalue weighted by atomic mass is 10.1. The van der Waals surface area contributed by atoms with Crippen molar-refractivity contribution in [1.29, 1.82) is 0 Å².